The SMILES string of the molecule is O=C1C(N2CCOCC2)=C(S(=O)(=O)N2CCc3ccccc32)C(=O)c2ccccc21. The number of sulfonamides is 1. The number of hydrogen-bond acceptors (Lipinski definition) is 6. The molecule has 0 atom stereocenters. The molecule has 0 spiro atoms. The number of carbonyl (C=O) groups excluding carboxylic acids is 2. The van der Waals surface area contributed by atoms with Crippen molar-refractivity contribution in [3.05, 3.63) is 75.8 Å². The van der Waals surface area contributed by atoms with Crippen LogP contribution in [0.3, 0.4) is 0 Å². The third kappa shape index (κ3) is 2.79. The van der Waals surface area contributed by atoms with E-state index in [9.17, 15) is 18.0 Å². The van der Waals surface area contributed by atoms with Crippen molar-refractivity contribution in [1.82, 2.24) is 4.90 Å². The summed E-state index contributed by atoms with van der Waals surface area (Å²) in [7, 11) is -4.24. The van der Waals surface area contributed by atoms with Gasteiger partial charge in [-0.25, -0.2) is 8.42 Å². The molecule has 5 rings (SSSR count). The second kappa shape index (κ2) is 7.07. The zero-order valence-corrected chi connectivity index (χ0v) is 17.0. The number of ether oxygens (including phenoxy) is 1. The summed E-state index contributed by atoms with van der Waals surface area (Å²) in [6.07, 6.45) is 0.564. The van der Waals surface area contributed by atoms with Gasteiger partial charge in [0, 0.05) is 30.8 Å². The number of ketones is 2. The minimum Gasteiger partial charge on any atom is -0.378 e. The van der Waals surface area contributed by atoms with Gasteiger partial charge in [0.25, 0.3) is 10.0 Å². The van der Waals surface area contributed by atoms with Crippen LogP contribution in [0.25, 0.3) is 0 Å². The highest BCUT2D eigenvalue weighted by Crippen LogP contribution is 2.38. The maximum atomic E-state index is 13.8. The molecule has 0 saturated carbocycles. The van der Waals surface area contributed by atoms with Crippen LogP contribution in [-0.4, -0.2) is 57.7 Å². The number of Topliss-reactive ketones (excluding diaryl/α,β-unsaturated/α-hetero) is 2. The number of carbonyl (C=O) groups is 2. The molecule has 3 aliphatic rings. The Kier molecular flexibility index (Phi) is 4.48. The van der Waals surface area contributed by atoms with E-state index in [1.54, 1.807) is 35.2 Å². The molecule has 1 fully saturated rings. The average molecular weight is 424 g/mol. The van der Waals surface area contributed by atoms with E-state index in [2.05, 4.69) is 0 Å². The highest BCUT2D eigenvalue weighted by Gasteiger charge is 2.45. The predicted octanol–water partition coefficient (Wildman–Crippen LogP) is 2.00. The molecule has 154 valence electrons. The topological polar surface area (TPSA) is 84.0 Å². The Labute approximate surface area is 174 Å². The standard InChI is InChI=1S/C22H20N2O5S/c25-20-16-6-2-3-7-17(16)21(26)22(19(20)23-11-13-29-14-12-23)30(27,28)24-10-9-15-5-1-4-8-18(15)24/h1-8H,9-14H2. The normalized spacial score (nSPS) is 19.2. The fraction of sp³-hybridized carbons (Fsp3) is 0.273. The van der Waals surface area contributed by atoms with Crippen molar-refractivity contribution in [2.75, 3.05) is 37.2 Å². The number of allylic oxidation sites excluding steroid dienone is 2. The number of para-hydroxylation sites is 1. The zero-order chi connectivity index (χ0) is 20.9. The molecular formula is C22H20N2O5S. The van der Waals surface area contributed by atoms with Gasteiger partial charge in [0.1, 0.15) is 5.70 Å². The highest BCUT2D eigenvalue weighted by molar-refractivity contribution is 7.97. The first kappa shape index (κ1) is 19.0. The van der Waals surface area contributed by atoms with Gasteiger partial charge in [0.15, 0.2) is 4.91 Å². The second-order valence-corrected chi connectivity index (χ2v) is 9.24. The van der Waals surface area contributed by atoms with E-state index < -0.39 is 26.5 Å². The Morgan fingerprint density at radius 2 is 1.43 bits per heavy atom. The van der Waals surface area contributed by atoms with E-state index in [-0.39, 0.29) is 23.4 Å². The summed E-state index contributed by atoms with van der Waals surface area (Å²) < 4.78 is 34.2. The molecule has 30 heavy (non-hydrogen) atoms. The van der Waals surface area contributed by atoms with Crippen molar-refractivity contribution in [2.45, 2.75) is 6.42 Å². The third-order valence-corrected chi connectivity index (χ3v) is 7.63. The van der Waals surface area contributed by atoms with Crippen LogP contribution in [0.1, 0.15) is 26.3 Å². The van der Waals surface area contributed by atoms with Crippen LogP contribution in [0.15, 0.2) is 59.1 Å². The number of fused-ring (bicyclic) bond motifs is 2. The van der Waals surface area contributed by atoms with Crippen molar-refractivity contribution in [1.29, 1.82) is 0 Å². The number of anilines is 1. The maximum Gasteiger partial charge on any atom is 0.270 e. The Balaban J connectivity index is 1.71. The lowest BCUT2D eigenvalue weighted by atomic mass is 9.91. The van der Waals surface area contributed by atoms with Crippen molar-refractivity contribution in [2.24, 2.45) is 0 Å². The fourth-order valence-electron chi connectivity index (χ4n) is 4.32. The van der Waals surface area contributed by atoms with Gasteiger partial charge in [-0.3, -0.25) is 13.9 Å². The highest BCUT2D eigenvalue weighted by atomic mass is 32.2. The summed E-state index contributed by atoms with van der Waals surface area (Å²) in [4.78, 5) is 28.1. The van der Waals surface area contributed by atoms with Crippen molar-refractivity contribution in [3.63, 3.8) is 0 Å². The van der Waals surface area contributed by atoms with Crippen molar-refractivity contribution >= 4 is 27.3 Å². The van der Waals surface area contributed by atoms with E-state index in [1.807, 2.05) is 12.1 Å². The molecule has 8 heteroatoms. The fourth-order valence-corrected chi connectivity index (χ4v) is 6.12. The molecule has 1 saturated heterocycles. The molecule has 2 aromatic carbocycles. The minimum atomic E-state index is -4.24. The molecule has 0 N–H and O–H groups in total. The summed E-state index contributed by atoms with van der Waals surface area (Å²) in [6, 6.07) is 13.6. The zero-order valence-electron chi connectivity index (χ0n) is 16.2. The second-order valence-electron chi connectivity index (χ2n) is 7.44. The smallest absolute Gasteiger partial charge is 0.270 e. The van der Waals surface area contributed by atoms with Crippen LogP contribution >= 0.6 is 0 Å². The Hall–Kier alpha value is -2.97. The third-order valence-electron chi connectivity index (χ3n) is 5.77. The Morgan fingerprint density at radius 1 is 0.800 bits per heavy atom. The molecule has 2 heterocycles. The van der Waals surface area contributed by atoms with Gasteiger partial charge in [-0.15, -0.1) is 0 Å². The molecule has 7 nitrogen and oxygen atoms in total. The van der Waals surface area contributed by atoms with Crippen LogP contribution in [0.4, 0.5) is 5.69 Å². The molecule has 0 aromatic heterocycles. The largest absolute Gasteiger partial charge is 0.378 e. The lowest BCUT2D eigenvalue weighted by Crippen LogP contribution is -2.44. The van der Waals surface area contributed by atoms with E-state index in [0.29, 0.717) is 38.4 Å². The number of benzene rings is 2. The number of hydrogen-bond donors (Lipinski definition) is 0. The number of rotatable bonds is 3. The van der Waals surface area contributed by atoms with Crippen LogP contribution in [0.2, 0.25) is 0 Å². The van der Waals surface area contributed by atoms with Crippen LogP contribution in [0, 0.1) is 0 Å². The lowest BCUT2D eigenvalue weighted by molar-refractivity contribution is 0.0499. The van der Waals surface area contributed by atoms with E-state index in [4.69, 9.17) is 4.74 Å². The van der Waals surface area contributed by atoms with Gasteiger partial charge in [0.05, 0.1) is 18.9 Å². The summed E-state index contributed by atoms with van der Waals surface area (Å²) in [5.41, 5.74) is 1.80. The summed E-state index contributed by atoms with van der Waals surface area (Å²) in [5, 5.41) is 0. The van der Waals surface area contributed by atoms with E-state index in [1.165, 1.54) is 10.4 Å². The maximum absolute atomic E-state index is 13.8. The monoisotopic (exact) mass is 424 g/mol. The minimum absolute atomic E-state index is 0.0358. The first-order valence-corrected chi connectivity index (χ1v) is 11.3. The number of morpholine rings is 1. The van der Waals surface area contributed by atoms with E-state index in [0.717, 1.165) is 5.56 Å². The van der Waals surface area contributed by atoms with Crippen molar-refractivity contribution in [3.8, 4) is 0 Å². The van der Waals surface area contributed by atoms with Gasteiger partial charge in [0.2, 0.25) is 11.6 Å². The van der Waals surface area contributed by atoms with Crippen LogP contribution in [-0.2, 0) is 21.2 Å². The molecule has 1 aliphatic carbocycles. The van der Waals surface area contributed by atoms with Gasteiger partial charge in [-0.05, 0) is 18.1 Å². The van der Waals surface area contributed by atoms with Crippen molar-refractivity contribution < 1.29 is 22.7 Å². The molecule has 0 radical (unpaired) electrons. The first-order chi connectivity index (χ1) is 14.5. The molecule has 0 unspecified atom stereocenters. The van der Waals surface area contributed by atoms with Gasteiger partial charge in [-0.1, -0.05) is 42.5 Å². The summed E-state index contributed by atoms with van der Waals surface area (Å²) >= 11 is 0. The number of nitrogens with zero attached hydrogens (tertiary/aromatic N) is 2. The first-order valence-electron chi connectivity index (χ1n) is 9.86. The lowest BCUT2D eigenvalue weighted by Gasteiger charge is -2.34. The van der Waals surface area contributed by atoms with E-state index >= 15 is 0 Å². The van der Waals surface area contributed by atoms with Gasteiger partial charge in [-0.2, -0.15) is 0 Å². The summed E-state index contributed by atoms with van der Waals surface area (Å²) in [5.74, 6) is -1.06. The molecule has 0 bridgehead atoms. The Morgan fingerprint density at radius 3 is 2.17 bits per heavy atom. The average Bonchev–Trinajstić information content (AvgIpc) is 3.21. The quantitative estimate of drug-likeness (QED) is 0.750. The molecule has 0 amide bonds. The van der Waals surface area contributed by atoms with Crippen LogP contribution in [0.5, 0.6) is 0 Å². The molecule has 2 aliphatic heterocycles. The summed E-state index contributed by atoms with van der Waals surface area (Å²) in [6.45, 7) is 1.68. The molecule has 2 aromatic rings. The molecular weight excluding hydrogens is 404 g/mol. The Bertz CT molecular complexity index is 1200. The van der Waals surface area contributed by atoms with Crippen LogP contribution < -0.4 is 4.31 Å². The van der Waals surface area contributed by atoms with Gasteiger partial charge >= 0.3 is 0 Å². The van der Waals surface area contributed by atoms with Gasteiger partial charge < -0.3 is 9.64 Å². The predicted molar refractivity (Wildman–Crippen MR) is 111 cm³/mol.